The number of carboxylic acid groups (broad SMARTS) is 1. The van der Waals surface area contributed by atoms with E-state index in [2.05, 4.69) is 0 Å². The van der Waals surface area contributed by atoms with Gasteiger partial charge in [-0.2, -0.15) is 0 Å². The number of hydrogen-bond acceptors (Lipinski definition) is 2. The molecule has 26 heavy (non-hydrogen) atoms. The van der Waals surface area contributed by atoms with E-state index < -0.39 is 29.6 Å². The van der Waals surface area contributed by atoms with Gasteiger partial charge in [0, 0.05) is 19.0 Å². The number of halogens is 2. The van der Waals surface area contributed by atoms with Crippen LogP contribution in [0.25, 0.3) is 0 Å². The summed E-state index contributed by atoms with van der Waals surface area (Å²) in [6.07, 6.45) is 0.527. The van der Waals surface area contributed by atoms with Crippen molar-refractivity contribution < 1.29 is 23.5 Å². The van der Waals surface area contributed by atoms with Crippen molar-refractivity contribution in [3.05, 3.63) is 70.8 Å². The molecule has 0 bridgehead atoms. The molecule has 0 fully saturated rings. The fraction of sp³-hybridized carbons (Fsp3) is 0.300. The van der Waals surface area contributed by atoms with Gasteiger partial charge in [0.1, 0.15) is 11.6 Å². The summed E-state index contributed by atoms with van der Waals surface area (Å²) in [6.45, 7) is 1.97. The van der Waals surface area contributed by atoms with Crippen LogP contribution in [0.4, 0.5) is 8.78 Å². The molecule has 4 nitrogen and oxygen atoms in total. The van der Waals surface area contributed by atoms with Crippen molar-refractivity contribution in [2.75, 3.05) is 6.54 Å². The maximum absolute atomic E-state index is 13.9. The molecule has 3 rings (SSSR count). The van der Waals surface area contributed by atoms with Gasteiger partial charge in [-0.1, -0.05) is 37.3 Å². The number of aliphatic carboxylic acids is 1. The molecule has 0 spiro atoms. The van der Waals surface area contributed by atoms with Crippen molar-refractivity contribution in [1.29, 1.82) is 0 Å². The molecule has 1 heterocycles. The molecule has 1 aliphatic rings. The van der Waals surface area contributed by atoms with Crippen LogP contribution in [0.2, 0.25) is 0 Å². The van der Waals surface area contributed by atoms with Crippen LogP contribution in [0.5, 0.6) is 0 Å². The van der Waals surface area contributed by atoms with E-state index in [1.807, 2.05) is 12.1 Å². The van der Waals surface area contributed by atoms with Crippen LogP contribution < -0.4 is 0 Å². The number of carbonyl (C=O) groups excluding carboxylic acids is 1. The third-order valence-corrected chi connectivity index (χ3v) is 4.81. The van der Waals surface area contributed by atoms with Crippen LogP contribution >= 0.6 is 0 Å². The zero-order valence-electron chi connectivity index (χ0n) is 14.3. The van der Waals surface area contributed by atoms with Gasteiger partial charge < -0.3 is 10.0 Å². The minimum atomic E-state index is -1.09. The van der Waals surface area contributed by atoms with E-state index in [0.717, 1.165) is 17.7 Å². The summed E-state index contributed by atoms with van der Waals surface area (Å²) in [6, 6.07) is 9.39. The summed E-state index contributed by atoms with van der Waals surface area (Å²) in [5, 5.41) is 9.63. The van der Waals surface area contributed by atoms with Gasteiger partial charge in [0.25, 0.3) is 0 Å². The fourth-order valence-corrected chi connectivity index (χ4v) is 3.49. The Morgan fingerprint density at radius 3 is 2.65 bits per heavy atom. The Bertz CT molecular complexity index is 853. The molecule has 0 aliphatic carbocycles. The Hall–Kier alpha value is -2.76. The quantitative estimate of drug-likeness (QED) is 0.906. The predicted molar refractivity (Wildman–Crippen MR) is 91.6 cm³/mol. The molecular formula is C20H19F2NO3. The summed E-state index contributed by atoms with van der Waals surface area (Å²) in [4.78, 5) is 25.9. The summed E-state index contributed by atoms with van der Waals surface area (Å²) < 4.78 is 27.0. The van der Waals surface area contributed by atoms with Gasteiger partial charge in [-0.3, -0.25) is 4.79 Å². The van der Waals surface area contributed by atoms with Crippen molar-refractivity contribution in [3.63, 3.8) is 0 Å². The second kappa shape index (κ2) is 7.23. The van der Waals surface area contributed by atoms with E-state index in [1.54, 1.807) is 19.1 Å². The van der Waals surface area contributed by atoms with E-state index in [9.17, 15) is 23.5 Å². The standard InChI is InChI=1S/C20H19F2NO3/c1-12(15-7-6-14(21)11-17(15)22)10-18(24)23-9-8-13-4-2-3-5-16(13)19(23)20(25)26/h2-7,11-12,19H,8-10H2,1H3,(H,25,26). The number of benzene rings is 2. The molecule has 2 aromatic carbocycles. The van der Waals surface area contributed by atoms with Gasteiger partial charge in [0.2, 0.25) is 5.91 Å². The van der Waals surface area contributed by atoms with Gasteiger partial charge >= 0.3 is 5.97 Å². The number of fused-ring (bicyclic) bond motifs is 1. The first kappa shape index (κ1) is 18.0. The number of carbonyl (C=O) groups is 2. The molecule has 136 valence electrons. The molecular weight excluding hydrogens is 340 g/mol. The number of nitrogens with zero attached hydrogens (tertiary/aromatic N) is 1. The Morgan fingerprint density at radius 1 is 1.23 bits per heavy atom. The highest BCUT2D eigenvalue weighted by atomic mass is 19.1. The number of amides is 1. The smallest absolute Gasteiger partial charge is 0.331 e. The van der Waals surface area contributed by atoms with Gasteiger partial charge in [-0.05, 0) is 35.1 Å². The van der Waals surface area contributed by atoms with E-state index in [4.69, 9.17) is 0 Å². The monoisotopic (exact) mass is 359 g/mol. The minimum absolute atomic E-state index is 0.0471. The molecule has 2 unspecified atom stereocenters. The lowest BCUT2D eigenvalue weighted by atomic mass is 9.91. The maximum atomic E-state index is 13.9. The van der Waals surface area contributed by atoms with E-state index in [-0.39, 0.29) is 17.9 Å². The molecule has 0 radical (unpaired) electrons. The average Bonchev–Trinajstić information content (AvgIpc) is 2.60. The van der Waals surface area contributed by atoms with Crippen molar-refractivity contribution in [2.45, 2.75) is 31.7 Å². The molecule has 1 N–H and O–H groups in total. The topological polar surface area (TPSA) is 57.6 Å². The lowest BCUT2D eigenvalue weighted by Crippen LogP contribution is -2.43. The van der Waals surface area contributed by atoms with Crippen LogP contribution in [0.3, 0.4) is 0 Å². The first-order valence-corrected chi connectivity index (χ1v) is 8.43. The second-order valence-electron chi connectivity index (χ2n) is 6.55. The second-order valence-corrected chi connectivity index (χ2v) is 6.55. The third kappa shape index (κ3) is 3.45. The zero-order chi connectivity index (χ0) is 18.8. The Labute approximate surface area is 150 Å². The van der Waals surface area contributed by atoms with Crippen molar-refractivity contribution in [1.82, 2.24) is 4.90 Å². The molecule has 0 saturated carbocycles. The first-order chi connectivity index (χ1) is 12.4. The fourth-order valence-electron chi connectivity index (χ4n) is 3.49. The normalized spacial score (nSPS) is 17.5. The molecule has 0 saturated heterocycles. The lowest BCUT2D eigenvalue weighted by Gasteiger charge is -2.35. The molecule has 1 amide bonds. The summed E-state index contributed by atoms with van der Waals surface area (Å²) in [5.74, 6) is -3.32. The molecule has 2 atom stereocenters. The predicted octanol–water partition coefficient (Wildman–Crippen LogP) is 3.67. The van der Waals surface area contributed by atoms with Crippen molar-refractivity contribution >= 4 is 11.9 Å². The highest BCUT2D eigenvalue weighted by molar-refractivity contribution is 5.86. The lowest BCUT2D eigenvalue weighted by molar-refractivity contribution is -0.151. The van der Waals surface area contributed by atoms with E-state index in [0.29, 0.717) is 18.5 Å². The van der Waals surface area contributed by atoms with Crippen LogP contribution in [-0.4, -0.2) is 28.4 Å². The Balaban J connectivity index is 1.82. The SMILES string of the molecule is CC(CC(=O)N1CCc2ccccc2C1C(=O)O)c1ccc(F)cc1F. The van der Waals surface area contributed by atoms with Gasteiger partial charge in [0.15, 0.2) is 6.04 Å². The number of hydrogen-bond donors (Lipinski definition) is 1. The first-order valence-electron chi connectivity index (χ1n) is 8.43. The summed E-state index contributed by atoms with van der Waals surface area (Å²) in [5.41, 5.74) is 1.77. The number of rotatable bonds is 4. The minimum Gasteiger partial charge on any atom is -0.479 e. The van der Waals surface area contributed by atoms with Crippen molar-refractivity contribution in [2.24, 2.45) is 0 Å². The molecule has 2 aromatic rings. The summed E-state index contributed by atoms with van der Waals surface area (Å²) in [7, 11) is 0. The van der Waals surface area contributed by atoms with Crippen LogP contribution in [0.15, 0.2) is 42.5 Å². The van der Waals surface area contributed by atoms with Crippen LogP contribution in [0.1, 0.15) is 42.0 Å². The number of carboxylic acids is 1. The van der Waals surface area contributed by atoms with Crippen molar-refractivity contribution in [3.8, 4) is 0 Å². The van der Waals surface area contributed by atoms with E-state index in [1.165, 1.54) is 11.0 Å². The Morgan fingerprint density at radius 2 is 1.96 bits per heavy atom. The average molecular weight is 359 g/mol. The molecule has 6 heteroatoms. The summed E-state index contributed by atoms with van der Waals surface area (Å²) >= 11 is 0. The zero-order valence-corrected chi connectivity index (χ0v) is 14.3. The van der Waals surface area contributed by atoms with Crippen LogP contribution in [0, 0.1) is 11.6 Å². The maximum Gasteiger partial charge on any atom is 0.331 e. The molecule has 0 aromatic heterocycles. The third-order valence-electron chi connectivity index (χ3n) is 4.81. The van der Waals surface area contributed by atoms with E-state index >= 15 is 0 Å². The highest BCUT2D eigenvalue weighted by Gasteiger charge is 2.36. The Kier molecular flexibility index (Phi) is 5.02. The van der Waals surface area contributed by atoms with Gasteiger partial charge in [-0.25, -0.2) is 13.6 Å². The van der Waals surface area contributed by atoms with Gasteiger partial charge in [-0.15, -0.1) is 0 Å². The van der Waals surface area contributed by atoms with Gasteiger partial charge in [0.05, 0.1) is 0 Å². The van der Waals surface area contributed by atoms with Crippen LogP contribution in [-0.2, 0) is 16.0 Å². The highest BCUT2D eigenvalue weighted by Crippen LogP contribution is 2.32. The largest absolute Gasteiger partial charge is 0.479 e. The molecule has 1 aliphatic heterocycles.